The molecule has 1 saturated heterocycles. The van der Waals surface area contributed by atoms with Crippen LogP contribution in [-0.4, -0.2) is 35.0 Å². The van der Waals surface area contributed by atoms with E-state index in [1.165, 1.54) is 11.3 Å². The van der Waals surface area contributed by atoms with Crippen molar-refractivity contribution in [3.8, 4) is 5.19 Å². The zero-order valence-electron chi connectivity index (χ0n) is 10.7. The van der Waals surface area contributed by atoms with Crippen molar-refractivity contribution in [2.75, 3.05) is 13.1 Å². The van der Waals surface area contributed by atoms with E-state index in [1.807, 2.05) is 17.5 Å². The lowest BCUT2D eigenvalue weighted by Crippen LogP contribution is -2.56. The molecule has 1 aliphatic heterocycles. The molecule has 0 aliphatic carbocycles. The third-order valence-corrected chi connectivity index (χ3v) is 4.06. The molecule has 0 atom stereocenters. The number of halogens is 1. The maximum Gasteiger partial charge on any atom is 0.273 e. The second-order valence-electron chi connectivity index (χ2n) is 4.64. The molecule has 1 aliphatic rings. The Hall–Kier alpha value is -1.59. The topological polar surface area (TPSA) is 42.4 Å². The van der Waals surface area contributed by atoms with Gasteiger partial charge in [0.15, 0.2) is 0 Å². The van der Waals surface area contributed by atoms with Crippen molar-refractivity contribution in [1.82, 2.24) is 9.88 Å². The van der Waals surface area contributed by atoms with Gasteiger partial charge in [0.25, 0.3) is 5.19 Å². The highest BCUT2D eigenvalue weighted by Gasteiger charge is 2.32. The van der Waals surface area contributed by atoms with Crippen LogP contribution >= 0.6 is 22.9 Å². The molecular weight excluding hydrogens is 296 g/mol. The molecule has 1 amide bonds. The van der Waals surface area contributed by atoms with Gasteiger partial charge in [0, 0.05) is 16.6 Å². The number of nitrogens with zero attached hydrogens (tertiary/aromatic N) is 2. The molecule has 6 heteroatoms. The Bertz CT molecular complexity index is 580. The summed E-state index contributed by atoms with van der Waals surface area (Å²) in [4.78, 5) is 17.9. The molecule has 2 heterocycles. The number of hydrogen-bond donors (Lipinski definition) is 0. The maximum absolute atomic E-state index is 12.1. The summed E-state index contributed by atoms with van der Waals surface area (Å²) < 4.78 is 5.63. The van der Waals surface area contributed by atoms with Crippen molar-refractivity contribution in [2.24, 2.45) is 0 Å². The quantitative estimate of drug-likeness (QED) is 0.872. The Labute approximate surface area is 126 Å². The summed E-state index contributed by atoms with van der Waals surface area (Å²) in [5, 5.41) is 3.22. The van der Waals surface area contributed by atoms with Gasteiger partial charge < -0.3 is 9.64 Å². The highest BCUT2D eigenvalue weighted by molar-refractivity contribution is 7.11. The summed E-state index contributed by atoms with van der Waals surface area (Å²) in [5.74, 6) is 0.117. The molecule has 0 N–H and O–H groups in total. The van der Waals surface area contributed by atoms with Gasteiger partial charge in [-0.15, -0.1) is 0 Å². The maximum atomic E-state index is 12.1. The van der Waals surface area contributed by atoms with Crippen molar-refractivity contribution >= 4 is 28.8 Å². The fourth-order valence-electron chi connectivity index (χ4n) is 2.02. The molecule has 0 radical (unpaired) electrons. The summed E-state index contributed by atoms with van der Waals surface area (Å²) in [7, 11) is 0. The number of thiazole rings is 1. The summed E-state index contributed by atoms with van der Waals surface area (Å²) in [5.41, 5.74) is 0.976. The minimum Gasteiger partial charge on any atom is -0.463 e. The number of carbonyl (C=O) groups is 1. The fraction of sp³-hybridized carbons (Fsp3) is 0.286. The molecule has 3 rings (SSSR count). The Balaban J connectivity index is 1.47. The van der Waals surface area contributed by atoms with E-state index in [0.29, 0.717) is 29.7 Å². The summed E-state index contributed by atoms with van der Waals surface area (Å²) in [6, 6.07) is 7.36. The van der Waals surface area contributed by atoms with Gasteiger partial charge in [-0.1, -0.05) is 35.1 Å². The lowest BCUT2D eigenvalue weighted by atomic mass is 10.1. The van der Waals surface area contributed by atoms with E-state index in [4.69, 9.17) is 16.3 Å². The number of benzene rings is 1. The van der Waals surface area contributed by atoms with Crippen molar-refractivity contribution in [3.63, 3.8) is 0 Å². The molecule has 1 aromatic heterocycles. The minimum absolute atomic E-state index is 0.0651. The largest absolute Gasteiger partial charge is 0.463 e. The fourth-order valence-corrected chi connectivity index (χ4v) is 2.69. The van der Waals surface area contributed by atoms with Gasteiger partial charge in [-0.25, -0.2) is 4.98 Å². The molecule has 0 bridgehead atoms. The van der Waals surface area contributed by atoms with Crippen LogP contribution in [-0.2, 0) is 11.2 Å². The summed E-state index contributed by atoms with van der Waals surface area (Å²) >= 11 is 7.28. The second kappa shape index (κ2) is 5.81. The molecule has 1 aromatic carbocycles. The number of aromatic nitrogens is 1. The third-order valence-electron chi connectivity index (χ3n) is 3.15. The van der Waals surface area contributed by atoms with E-state index in [-0.39, 0.29) is 12.0 Å². The van der Waals surface area contributed by atoms with Crippen LogP contribution in [0.25, 0.3) is 0 Å². The van der Waals surface area contributed by atoms with Gasteiger partial charge in [0.2, 0.25) is 5.91 Å². The van der Waals surface area contributed by atoms with Crippen LogP contribution in [0.15, 0.2) is 35.8 Å². The van der Waals surface area contributed by atoms with Crippen LogP contribution in [0, 0.1) is 0 Å². The second-order valence-corrected chi connectivity index (χ2v) is 5.93. The van der Waals surface area contributed by atoms with Gasteiger partial charge in [0.05, 0.1) is 19.5 Å². The van der Waals surface area contributed by atoms with E-state index >= 15 is 0 Å². The Morgan fingerprint density at radius 1 is 1.40 bits per heavy atom. The Morgan fingerprint density at radius 2 is 2.15 bits per heavy atom. The standard InChI is InChI=1S/C14H13ClN2O2S/c15-11-3-1-10(2-4-11)7-13(18)17-8-12(9-17)19-14-16-5-6-20-14/h1-6,12H,7-9H2. The molecule has 0 spiro atoms. The number of rotatable bonds is 4. The van der Waals surface area contributed by atoms with Crippen LogP contribution < -0.4 is 4.74 Å². The van der Waals surface area contributed by atoms with Crippen LogP contribution in [0.4, 0.5) is 0 Å². The first-order valence-electron chi connectivity index (χ1n) is 6.29. The van der Waals surface area contributed by atoms with Crippen LogP contribution in [0.5, 0.6) is 5.19 Å². The average Bonchev–Trinajstić information content (AvgIpc) is 2.89. The van der Waals surface area contributed by atoms with Crippen molar-refractivity contribution in [3.05, 3.63) is 46.4 Å². The molecular formula is C14H13ClN2O2S. The predicted octanol–water partition coefficient (Wildman–Crippen LogP) is 2.63. The lowest BCUT2D eigenvalue weighted by Gasteiger charge is -2.38. The Kier molecular flexibility index (Phi) is 3.89. The van der Waals surface area contributed by atoms with Gasteiger partial charge in [0.1, 0.15) is 6.10 Å². The SMILES string of the molecule is O=C(Cc1ccc(Cl)cc1)N1CC(Oc2nccs2)C1. The first kappa shape index (κ1) is 13.4. The normalized spacial score (nSPS) is 14.9. The van der Waals surface area contributed by atoms with Gasteiger partial charge in [-0.2, -0.15) is 0 Å². The summed E-state index contributed by atoms with van der Waals surface area (Å²) in [6.07, 6.45) is 2.18. The van der Waals surface area contributed by atoms with Crippen molar-refractivity contribution in [2.45, 2.75) is 12.5 Å². The summed E-state index contributed by atoms with van der Waals surface area (Å²) in [6.45, 7) is 1.26. The van der Waals surface area contributed by atoms with E-state index in [0.717, 1.165) is 5.56 Å². The number of hydrogen-bond acceptors (Lipinski definition) is 4. The zero-order valence-corrected chi connectivity index (χ0v) is 12.2. The molecule has 20 heavy (non-hydrogen) atoms. The molecule has 0 saturated carbocycles. The molecule has 1 fully saturated rings. The van der Waals surface area contributed by atoms with E-state index in [9.17, 15) is 4.79 Å². The number of amides is 1. The number of ether oxygens (including phenoxy) is 1. The van der Waals surface area contributed by atoms with Crippen molar-refractivity contribution < 1.29 is 9.53 Å². The number of carbonyl (C=O) groups excluding carboxylic acids is 1. The highest BCUT2D eigenvalue weighted by atomic mass is 35.5. The molecule has 104 valence electrons. The van der Waals surface area contributed by atoms with Crippen LogP contribution in [0.3, 0.4) is 0 Å². The third kappa shape index (κ3) is 3.11. The lowest BCUT2D eigenvalue weighted by molar-refractivity contribution is -0.139. The van der Waals surface area contributed by atoms with E-state index < -0.39 is 0 Å². The first-order chi connectivity index (χ1) is 9.70. The van der Waals surface area contributed by atoms with Crippen molar-refractivity contribution in [1.29, 1.82) is 0 Å². The minimum atomic E-state index is 0.0651. The monoisotopic (exact) mass is 308 g/mol. The highest BCUT2D eigenvalue weighted by Crippen LogP contribution is 2.21. The molecule has 4 nitrogen and oxygen atoms in total. The predicted molar refractivity (Wildman–Crippen MR) is 78.3 cm³/mol. The van der Waals surface area contributed by atoms with Crippen LogP contribution in [0.1, 0.15) is 5.56 Å². The first-order valence-corrected chi connectivity index (χ1v) is 7.55. The Morgan fingerprint density at radius 3 is 2.80 bits per heavy atom. The average molecular weight is 309 g/mol. The van der Waals surface area contributed by atoms with Gasteiger partial charge >= 0.3 is 0 Å². The molecule has 2 aromatic rings. The zero-order chi connectivity index (χ0) is 13.9. The molecule has 0 unspecified atom stereocenters. The number of likely N-dealkylation sites (tertiary alicyclic amines) is 1. The van der Waals surface area contributed by atoms with E-state index in [1.54, 1.807) is 23.2 Å². The van der Waals surface area contributed by atoms with E-state index in [2.05, 4.69) is 4.98 Å². The smallest absolute Gasteiger partial charge is 0.273 e. The van der Waals surface area contributed by atoms with Gasteiger partial charge in [-0.3, -0.25) is 4.79 Å². The van der Waals surface area contributed by atoms with Crippen LogP contribution in [0.2, 0.25) is 5.02 Å². The van der Waals surface area contributed by atoms with Gasteiger partial charge in [-0.05, 0) is 17.7 Å².